The van der Waals surface area contributed by atoms with Gasteiger partial charge in [0.25, 0.3) is 0 Å². The second-order valence-electron chi connectivity index (χ2n) is 8.58. The smallest absolute Gasteiger partial charge is 0.308 e. The summed E-state index contributed by atoms with van der Waals surface area (Å²) in [6.07, 6.45) is 0.436. The molecule has 0 spiro atoms. The Kier molecular flexibility index (Phi) is 7.90. The molecule has 32 heavy (non-hydrogen) atoms. The number of carboxylic acid groups (broad SMARTS) is 1. The average molecular weight is 478 g/mol. The van der Waals surface area contributed by atoms with E-state index in [0.717, 1.165) is 11.3 Å². The van der Waals surface area contributed by atoms with Crippen molar-refractivity contribution in [1.29, 1.82) is 0 Å². The lowest BCUT2D eigenvalue weighted by Gasteiger charge is -2.42. The molecule has 0 saturated carbocycles. The summed E-state index contributed by atoms with van der Waals surface area (Å²) in [5.41, 5.74) is 1.48. The van der Waals surface area contributed by atoms with Gasteiger partial charge < -0.3 is 9.84 Å². The van der Waals surface area contributed by atoms with Crippen molar-refractivity contribution in [2.24, 2.45) is 11.8 Å². The zero-order valence-corrected chi connectivity index (χ0v) is 20.5. The van der Waals surface area contributed by atoms with E-state index in [2.05, 4.69) is 13.8 Å². The third kappa shape index (κ3) is 5.30. The number of thioether (sulfide) groups is 1. The summed E-state index contributed by atoms with van der Waals surface area (Å²) in [7, 11) is -2.31. The summed E-state index contributed by atoms with van der Waals surface area (Å²) in [4.78, 5) is 12.4. The highest BCUT2D eigenvalue weighted by Gasteiger charge is 2.45. The molecule has 2 aromatic carbocycles. The highest BCUT2D eigenvalue weighted by atomic mass is 32.2. The number of carboxylic acids is 1. The van der Waals surface area contributed by atoms with Crippen molar-refractivity contribution in [3.05, 3.63) is 59.7 Å². The first kappa shape index (κ1) is 24.6. The molecule has 1 N–H and O–H groups in total. The highest BCUT2D eigenvalue weighted by molar-refractivity contribution is 7.99. The van der Waals surface area contributed by atoms with Crippen molar-refractivity contribution in [1.82, 2.24) is 4.31 Å². The average Bonchev–Trinajstić information content (AvgIpc) is 2.77. The largest absolute Gasteiger partial charge is 0.497 e. The van der Waals surface area contributed by atoms with Crippen LogP contribution in [0, 0.1) is 18.8 Å². The molecule has 1 saturated heterocycles. The Labute approximate surface area is 195 Å². The maximum Gasteiger partial charge on any atom is 0.308 e. The van der Waals surface area contributed by atoms with Crippen LogP contribution in [0.2, 0.25) is 0 Å². The molecule has 0 aromatic heterocycles. The molecule has 3 atom stereocenters. The molecule has 8 heteroatoms. The number of methoxy groups -OCH3 is 1. The van der Waals surface area contributed by atoms with Gasteiger partial charge in [0.15, 0.2) is 0 Å². The first-order valence-corrected chi connectivity index (χ1v) is 13.2. The molecule has 0 radical (unpaired) electrons. The van der Waals surface area contributed by atoms with Crippen molar-refractivity contribution in [2.45, 2.75) is 43.4 Å². The number of hydrogen-bond donors (Lipinski definition) is 1. The molecule has 1 heterocycles. The number of carbonyl (C=O) groups is 1. The number of benzene rings is 2. The summed E-state index contributed by atoms with van der Waals surface area (Å²) in [6.45, 7) is 5.90. The van der Waals surface area contributed by atoms with Gasteiger partial charge in [-0.3, -0.25) is 4.79 Å². The number of nitrogens with zero attached hydrogens (tertiary/aromatic N) is 1. The predicted octanol–water partition coefficient (Wildman–Crippen LogP) is 4.60. The van der Waals surface area contributed by atoms with Crippen LogP contribution in [-0.4, -0.2) is 48.5 Å². The molecule has 1 aliphatic heterocycles. The Balaban J connectivity index is 2.06. The minimum atomic E-state index is -3.90. The van der Waals surface area contributed by atoms with Crippen molar-refractivity contribution in [3.8, 4) is 5.75 Å². The monoisotopic (exact) mass is 477 g/mol. The van der Waals surface area contributed by atoms with Crippen molar-refractivity contribution < 1.29 is 23.1 Å². The van der Waals surface area contributed by atoms with Gasteiger partial charge in [-0.15, -0.1) is 0 Å². The lowest BCUT2D eigenvalue weighted by atomic mass is 9.90. The molecule has 0 aliphatic carbocycles. The van der Waals surface area contributed by atoms with Gasteiger partial charge in [0, 0.05) is 11.8 Å². The van der Waals surface area contributed by atoms with Crippen LogP contribution >= 0.6 is 11.8 Å². The summed E-state index contributed by atoms with van der Waals surface area (Å²) in [6, 6.07) is 13.8. The zero-order chi connectivity index (χ0) is 23.5. The van der Waals surface area contributed by atoms with E-state index in [0.29, 0.717) is 23.7 Å². The Morgan fingerprint density at radius 1 is 1.19 bits per heavy atom. The molecule has 1 aliphatic rings. The normalized spacial score (nSPS) is 22.1. The number of rotatable bonds is 8. The van der Waals surface area contributed by atoms with Gasteiger partial charge in [-0.05, 0) is 54.3 Å². The number of aryl methyl sites for hydroxylation is 1. The Morgan fingerprint density at radius 3 is 2.41 bits per heavy atom. The van der Waals surface area contributed by atoms with Crippen molar-refractivity contribution in [3.63, 3.8) is 0 Å². The van der Waals surface area contributed by atoms with Crippen LogP contribution in [0.15, 0.2) is 53.4 Å². The van der Waals surface area contributed by atoms with Crippen LogP contribution in [0.4, 0.5) is 0 Å². The van der Waals surface area contributed by atoms with E-state index in [9.17, 15) is 18.3 Å². The minimum Gasteiger partial charge on any atom is -0.497 e. The fourth-order valence-electron chi connectivity index (χ4n) is 4.04. The van der Waals surface area contributed by atoms with E-state index in [4.69, 9.17) is 4.74 Å². The molecular formula is C24H31NO5S2. The number of aliphatic carboxylic acids is 1. The van der Waals surface area contributed by atoms with Gasteiger partial charge in [-0.25, -0.2) is 8.42 Å². The van der Waals surface area contributed by atoms with Crippen LogP contribution in [-0.2, 0) is 14.8 Å². The SMILES string of the molecule is COc1ccc([C@@H]2C[C@@H](SCC(C)C)[C@H](C(=O)O)CN2S(=O)(=O)c2ccccc2C)cc1. The summed E-state index contributed by atoms with van der Waals surface area (Å²) in [5.74, 6) is 0.208. The van der Waals surface area contributed by atoms with Gasteiger partial charge in [0.05, 0.1) is 24.0 Å². The molecule has 0 unspecified atom stereocenters. The fraction of sp³-hybridized carbons (Fsp3) is 0.458. The molecule has 174 valence electrons. The van der Waals surface area contributed by atoms with Crippen LogP contribution in [0.25, 0.3) is 0 Å². The molecule has 0 amide bonds. The number of piperidine rings is 1. The van der Waals surface area contributed by atoms with E-state index in [1.165, 1.54) is 4.31 Å². The summed E-state index contributed by atoms with van der Waals surface area (Å²) in [5, 5.41) is 9.78. The van der Waals surface area contributed by atoms with Crippen LogP contribution < -0.4 is 4.74 Å². The van der Waals surface area contributed by atoms with E-state index in [1.807, 2.05) is 24.3 Å². The van der Waals surface area contributed by atoms with Crippen LogP contribution in [0.3, 0.4) is 0 Å². The Hall–Kier alpha value is -2.03. The quantitative estimate of drug-likeness (QED) is 0.598. The number of ether oxygens (including phenoxy) is 1. The van der Waals surface area contributed by atoms with E-state index >= 15 is 0 Å². The van der Waals surface area contributed by atoms with E-state index in [1.54, 1.807) is 50.1 Å². The molecular weight excluding hydrogens is 446 g/mol. The van der Waals surface area contributed by atoms with Gasteiger partial charge in [0.2, 0.25) is 10.0 Å². The molecule has 1 fully saturated rings. The van der Waals surface area contributed by atoms with Crippen molar-refractivity contribution >= 4 is 27.8 Å². The zero-order valence-electron chi connectivity index (χ0n) is 18.9. The third-order valence-corrected chi connectivity index (χ3v) is 9.61. The maximum absolute atomic E-state index is 13.8. The van der Waals surface area contributed by atoms with Gasteiger partial charge in [-0.2, -0.15) is 16.1 Å². The maximum atomic E-state index is 13.8. The molecule has 0 bridgehead atoms. The minimum absolute atomic E-state index is 0.0571. The topological polar surface area (TPSA) is 83.9 Å². The Bertz CT molecular complexity index is 1040. The first-order chi connectivity index (χ1) is 15.1. The summed E-state index contributed by atoms with van der Waals surface area (Å²) >= 11 is 1.63. The number of hydrogen-bond acceptors (Lipinski definition) is 5. The lowest BCUT2D eigenvalue weighted by Crippen LogP contribution is -2.49. The van der Waals surface area contributed by atoms with E-state index in [-0.39, 0.29) is 16.7 Å². The van der Waals surface area contributed by atoms with Crippen LogP contribution in [0.5, 0.6) is 5.75 Å². The van der Waals surface area contributed by atoms with Gasteiger partial charge in [0.1, 0.15) is 5.75 Å². The van der Waals surface area contributed by atoms with Crippen molar-refractivity contribution in [2.75, 3.05) is 19.4 Å². The standard InChI is InChI=1S/C24H31NO5S2/c1-16(2)15-31-22-13-21(18-9-11-19(30-4)12-10-18)25(14-20(22)24(26)27)32(28,29)23-8-6-5-7-17(23)3/h5-12,16,20-22H,13-15H2,1-4H3,(H,26,27)/t20-,21+,22-/m1/s1. The molecule has 2 aromatic rings. The highest BCUT2D eigenvalue weighted by Crippen LogP contribution is 2.43. The Morgan fingerprint density at radius 2 is 1.84 bits per heavy atom. The third-order valence-electron chi connectivity index (χ3n) is 5.77. The van der Waals surface area contributed by atoms with Gasteiger partial charge >= 0.3 is 5.97 Å². The predicted molar refractivity (Wildman–Crippen MR) is 128 cm³/mol. The van der Waals surface area contributed by atoms with E-state index < -0.39 is 28.0 Å². The lowest BCUT2D eigenvalue weighted by molar-refractivity contribution is -0.143. The molecule has 6 nitrogen and oxygen atoms in total. The second kappa shape index (κ2) is 10.3. The first-order valence-electron chi connectivity index (χ1n) is 10.7. The fourth-order valence-corrected chi connectivity index (χ4v) is 7.31. The summed E-state index contributed by atoms with van der Waals surface area (Å²) < 4.78 is 34.2. The number of sulfonamides is 1. The molecule has 3 rings (SSSR count). The second-order valence-corrected chi connectivity index (χ2v) is 11.7. The van der Waals surface area contributed by atoms with Gasteiger partial charge in [-0.1, -0.05) is 44.2 Å². The van der Waals surface area contributed by atoms with Crippen LogP contribution in [0.1, 0.15) is 37.4 Å².